The van der Waals surface area contributed by atoms with Gasteiger partial charge >= 0.3 is 0 Å². The Morgan fingerprint density at radius 3 is 2.42 bits per heavy atom. The molecule has 3 aromatic carbocycles. The van der Waals surface area contributed by atoms with Crippen molar-refractivity contribution in [1.82, 2.24) is 20.0 Å². The first-order valence-electron chi connectivity index (χ1n) is 15.1. The van der Waals surface area contributed by atoms with E-state index in [0.717, 1.165) is 41.0 Å². The van der Waals surface area contributed by atoms with Crippen molar-refractivity contribution in [3.05, 3.63) is 95.1 Å². The van der Waals surface area contributed by atoms with E-state index in [1.54, 1.807) is 9.80 Å². The minimum atomic E-state index is -0.356. The van der Waals surface area contributed by atoms with Gasteiger partial charge in [0.25, 0.3) is 5.91 Å². The fraction of sp³-hybridized carbons (Fsp3) is 0.382. The lowest BCUT2D eigenvalue weighted by Gasteiger charge is -2.25. The summed E-state index contributed by atoms with van der Waals surface area (Å²) in [5, 5.41) is 3.20. The predicted molar refractivity (Wildman–Crippen MR) is 159 cm³/mol. The second-order valence-electron chi connectivity index (χ2n) is 12.0. The highest BCUT2D eigenvalue weighted by atomic mass is 16.5. The topological polar surface area (TPSA) is 91.4 Å². The second kappa shape index (κ2) is 11.8. The molecule has 4 bridgehead atoms. The Hall–Kier alpha value is -4.21. The Balaban J connectivity index is 1.06. The lowest BCUT2D eigenvalue weighted by molar-refractivity contribution is -0.131. The smallest absolute Gasteiger partial charge is 0.254 e. The largest absolute Gasteiger partial charge is 0.457 e. The number of ether oxygens (including phenoxy) is 2. The molecule has 2 fully saturated rings. The highest BCUT2D eigenvalue weighted by Gasteiger charge is 2.38. The fourth-order valence-electron chi connectivity index (χ4n) is 6.34. The minimum absolute atomic E-state index is 0.0296. The number of carbonyl (C=O) groups excluding carboxylic acids is 3. The average Bonchev–Trinajstić information content (AvgIpc) is 3.71. The minimum Gasteiger partial charge on any atom is -0.457 e. The number of carbonyl (C=O) groups is 3. The maximum Gasteiger partial charge on any atom is 0.254 e. The van der Waals surface area contributed by atoms with Crippen molar-refractivity contribution in [3.8, 4) is 11.5 Å². The number of fused-ring (bicyclic) bond motifs is 6. The number of nitrogens with one attached hydrogen (secondary N) is 1. The van der Waals surface area contributed by atoms with Crippen LogP contribution in [0.1, 0.15) is 46.3 Å². The third-order valence-electron chi connectivity index (χ3n) is 8.75. The molecule has 1 saturated heterocycles. The van der Waals surface area contributed by atoms with E-state index in [-0.39, 0.29) is 42.8 Å². The SMILES string of the molecule is O=C1CN(C2CC2)Cc2cccc(c2)Oc2cccc(c2)CO[C@H]2CN(C(=O)CCN3Cc4ccccc4C3=O)C[C@@H]2N1. The van der Waals surface area contributed by atoms with Crippen LogP contribution in [0.4, 0.5) is 0 Å². The molecule has 7 rings (SSSR count). The maximum absolute atomic E-state index is 13.4. The van der Waals surface area contributed by atoms with Crippen LogP contribution < -0.4 is 10.1 Å². The summed E-state index contributed by atoms with van der Waals surface area (Å²) in [6.45, 7) is 2.90. The van der Waals surface area contributed by atoms with E-state index < -0.39 is 0 Å². The number of likely N-dealkylation sites (tertiary alicyclic amines) is 1. The number of rotatable bonds is 4. The maximum atomic E-state index is 13.4. The standard InChI is InChI=1S/C34H36N4O5/c39-32-21-37(26-11-12-26)17-23-5-3-8-27(15-23)43-28-9-4-6-24(16-28)22-42-31-20-38(19-30(31)35-32)33(40)13-14-36-18-25-7-1-2-10-29(25)34(36)41/h1-10,15-16,26,30-31H,11-14,17-22H2,(H,35,39)/t30-,31-/m0/s1. The van der Waals surface area contributed by atoms with Gasteiger partial charge in [-0.25, -0.2) is 0 Å². The van der Waals surface area contributed by atoms with Gasteiger partial charge in [0.15, 0.2) is 0 Å². The van der Waals surface area contributed by atoms with Gasteiger partial charge in [-0.3, -0.25) is 19.3 Å². The summed E-state index contributed by atoms with van der Waals surface area (Å²) >= 11 is 0. The summed E-state index contributed by atoms with van der Waals surface area (Å²) in [5.41, 5.74) is 3.75. The van der Waals surface area contributed by atoms with Crippen molar-refractivity contribution in [3.63, 3.8) is 0 Å². The molecule has 0 radical (unpaired) electrons. The molecule has 4 aliphatic rings. The zero-order chi connectivity index (χ0) is 29.3. The normalized spacial score (nSPS) is 22.5. The van der Waals surface area contributed by atoms with Gasteiger partial charge in [0.2, 0.25) is 11.8 Å². The second-order valence-corrected chi connectivity index (χ2v) is 12.0. The third-order valence-corrected chi connectivity index (χ3v) is 8.75. The summed E-state index contributed by atoms with van der Waals surface area (Å²) < 4.78 is 12.6. The molecule has 1 N–H and O–H groups in total. The average molecular weight is 581 g/mol. The molecular formula is C34H36N4O5. The van der Waals surface area contributed by atoms with Crippen molar-refractivity contribution < 1.29 is 23.9 Å². The zero-order valence-electron chi connectivity index (χ0n) is 24.1. The summed E-state index contributed by atoms with van der Waals surface area (Å²) in [6.07, 6.45) is 2.03. The van der Waals surface area contributed by atoms with E-state index >= 15 is 0 Å². The van der Waals surface area contributed by atoms with Gasteiger partial charge < -0.3 is 24.6 Å². The van der Waals surface area contributed by atoms with Gasteiger partial charge in [0.05, 0.1) is 25.3 Å². The van der Waals surface area contributed by atoms with Crippen LogP contribution in [0.15, 0.2) is 72.8 Å². The summed E-state index contributed by atoms with van der Waals surface area (Å²) in [6, 6.07) is 23.5. The van der Waals surface area contributed by atoms with Crippen LogP contribution >= 0.6 is 0 Å². The first-order chi connectivity index (χ1) is 21.0. The fourth-order valence-corrected chi connectivity index (χ4v) is 6.34. The number of nitrogens with zero attached hydrogens (tertiary/aromatic N) is 3. The van der Waals surface area contributed by atoms with E-state index in [2.05, 4.69) is 16.3 Å². The highest BCUT2D eigenvalue weighted by molar-refractivity contribution is 5.98. The number of benzene rings is 3. The quantitative estimate of drug-likeness (QED) is 0.506. The third kappa shape index (κ3) is 6.28. The molecule has 3 amide bonds. The van der Waals surface area contributed by atoms with Gasteiger partial charge in [-0.2, -0.15) is 0 Å². The van der Waals surface area contributed by atoms with Crippen LogP contribution in [0.5, 0.6) is 11.5 Å². The van der Waals surface area contributed by atoms with Crippen LogP contribution in [0, 0.1) is 0 Å². The van der Waals surface area contributed by atoms with Crippen LogP contribution in [0.2, 0.25) is 0 Å². The van der Waals surface area contributed by atoms with E-state index in [0.29, 0.717) is 50.9 Å². The van der Waals surface area contributed by atoms with Gasteiger partial charge in [0.1, 0.15) is 11.5 Å². The molecule has 9 heteroatoms. The lowest BCUT2D eigenvalue weighted by atomic mass is 10.1. The molecule has 43 heavy (non-hydrogen) atoms. The molecule has 0 spiro atoms. The van der Waals surface area contributed by atoms with E-state index in [1.807, 2.05) is 66.7 Å². The number of hydrogen-bond donors (Lipinski definition) is 1. The summed E-state index contributed by atoms with van der Waals surface area (Å²) in [5.74, 6) is 1.34. The highest BCUT2D eigenvalue weighted by Crippen LogP contribution is 2.30. The molecule has 1 aliphatic carbocycles. The van der Waals surface area contributed by atoms with Gasteiger partial charge in [0, 0.05) is 50.7 Å². The van der Waals surface area contributed by atoms with Crippen LogP contribution in [0.3, 0.4) is 0 Å². The Bertz CT molecular complexity index is 1540. The Morgan fingerprint density at radius 2 is 1.63 bits per heavy atom. The summed E-state index contributed by atoms with van der Waals surface area (Å²) in [4.78, 5) is 45.2. The van der Waals surface area contributed by atoms with Crippen molar-refractivity contribution in [2.45, 2.75) is 57.1 Å². The van der Waals surface area contributed by atoms with E-state index in [4.69, 9.17) is 9.47 Å². The zero-order valence-corrected chi connectivity index (χ0v) is 24.1. The molecule has 3 heterocycles. The van der Waals surface area contributed by atoms with Crippen molar-refractivity contribution in [2.24, 2.45) is 0 Å². The van der Waals surface area contributed by atoms with Crippen LogP contribution in [-0.4, -0.2) is 76.8 Å². The van der Waals surface area contributed by atoms with Crippen LogP contribution in [-0.2, 0) is 34.0 Å². The van der Waals surface area contributed by atoms with Gasteiger partial charge in [-0.1, -0.05) is 42.5 Å². The van der Waals surface area contributed by atoms with Crippen molar-refractivity contribution in [2.75, 3.05) is 26.2 Å². The number of amides is 3. The van der Waals surface area contributed by atoms with E-state index in [9.17, 15) is 14.4 Å². The number of hydrogen-bond acceptors (Lipinski definition) is 6. The molecule has 0 unspecified atom stereocenters. The molecule has 0 aromatic heterocycles. The monoisotopic (exact) mass is 580 g/mol. The van der Waals surface area contributed by atoms with Gasteiger partial charge in [-0.15, -0.1) is 0 Å². The molecule has 2 atom stereocenters. The molecular weight excluding hydrogens is 544 g/mol. The lowest BCUT2D eigenvalue weighted by Crippen LogP contribution is -2.48. The van der Waals surface area contributed by atoms with Crippen LogP contribution in [0.25, 0.3) is 0 Å². The van der Waals surface area contributed by atoms with E-state index in [1.165, 1.54) is 0 Å². The first kappa shape index (κ1) is 27.6. The molecule has 3 aromatic rings. The Kier molecular flexibility index (Phi) is 7.59. The first-order valence-corrected chi connectivity index (χ1v) is 15.1. The molecule has 9 nitrogen and oxygen atoms in total. The predicted octanol–water partition coefficient (Wildman–Crippen LogP) is 3.72. The van der Waals surface area contributed by atoms with Crippen molar-refractivity contribution in [1.29, 1.82) is 0 Å². The Labute approximate surface area is 251 Å². The van der Waals surface area contributed by atoms with Gasteiger partial charge in [-0.05, 0) is 59.9 Å². The molecule has 1 saturated carbocycles. The Morgan fingerprint density at radius 1 is 0.860 bits per heavy atom. The summed E-state index contributed by atoms with van der Waals surface area (Å²) in [7, 11) is 0. The molecule has 222 valence electrons. The molecule has 3 aliphatic heterocycles. The van der Waals surface area contributed by atoms with Crippen molar-refractivity contribution >= 4 is 17.7 Å².